The van der Waals surface area contributed by atoms with E-state index in [1.165, 1.54) is 10.5 Å². The highest BCUT2D eigenvalue weighted by molar-refractivity contribution is 6.12. The first-order valence-corrected chi connectivity index (χ1v) is 8.46. The fraction of sp³-hybridized carbons (Fsp3) is 0.333. The van der Waals surface area contributed by atoms with Crippen molar-refractivity contribution >= 4 is 23.5 Å². The number of carbonyl (C=O) groups excluding carboxylic acids is 3. The molecule has 1 aliphatic rings. The maximum absolute atomic E-state index is 12.2. The number of aromatic nitrogens is 2. The third-order valence-electron chi connectivity index (χ3n) is 4.40. The van der Waals surface area contributed by atoms with Crippen LogP contribution in [0.25, 0.3) is 0 Å². The van der Waals surface area contributed by atoms with Crippen molar-refractivity contribution in [2.24, 2.45) is 0 Å². The summed E-state index contributed by atoms with van der Waals surface area (Å²) in [6.07, 6.45) is 1.67. The average Bonchev–Trinajstić information content (AvgIpc) is 3.13. The van der Waals surface area contributed by atoms with Crippen LogP contribution in [0.4, 0.5) is 10.5 Å². The number of imide groups is 1. The molecule has 0 atom stereocenters. The minimum atomic E-state index is -0.447. The fourth-order valence-corrected chi connectivity index (χ4v) is 2.95. The maximum Gasteiger partial charge on any atom is 0.329 e. The summed E-state index contributed by atoms with van der Waals surface area (Å²) < 4.78 is 0. The molecule has 4 amide bonds. The standard InChI is InChI=1S/C18H21N5O3/c1-11-15(12(2)22-21-11)4-3-9-19-17(25)13-5-7-14(8-6-13)23-10-16(24)20-18(23)26/h5-8H,3-4,9-10H2,1-2H3,(H,19,25)(H,21,22)(H,20,24,26). The van der Waals surface area contributed by atoms with Gasteiger partial charge in [-0.1, -0.05) is 0 Å². The van der Waals surface area contributed by atoms with Crippen molar-refractivity contribution in [2.75, 3.05) is 18.0 Å². The maximum atomic E-state index is 12.2. The number of urea groups is 1. The summed E-state index contributed by atoms with van der Waals surface area (Å²) in [5, 5.41) is 12.2. The summed E-state index contributed by atoms with van der Waals surface area (Å²) in [5.74, 6) is -0.501. The smallest absolute Gasteiger partial charge is 0.329 e. The van der Waals surface area contributed by atoms with Crippen LogP contribution in [-0.2, 0) is 11.2 Å². The highest BCUT2D eigenvalue weighted by Crippen LogP contribution is 2.17. The van der Waals surface area contributed by atoms with Crippen LogP contribution in [0.15, 0.2) is 24.3 Å². The SMILES string of the molecule is Cc1n[nH]c(C)c1CCCNC(=O)c1ccc(N2CC(=O)NC2=O)cc1. The van der Waals surface area contributed by atoms with Gasteiger partial charge < -0.3 is 5.32 Å². The van der Waals surface area contributed by atoms with Crippen LogP contribution >= 0.6 is 0 Å². The van der Waals surface area contributed by atoms with Crippen LogP contribution in [0.3, 0.4) is 0 Å². The Bertz CT molecular complexity index is 822. The van der Waals surface area contributed by atoms with Crippen LogP contribution in [0.1, 0.15) is 33.7 Å². The van der Waals surface area contributed by atoms with Crippen LogP contribution < -0.4 is 15.5 Å². The van der Waals surface area contributed by atoms with Gasteiger partial charge in [-0.05, 0) is 56.5 Å². The van der Waals surface area contributed by atoms with Crippen molar-refractivity contribution in [1.82, 2.24) is 20.8 Å². The zero-order valence-electron chi connectivity index (χ0n) is 14.8. The number of anilines is 1. The molecule has 0 radical (unpaired) electrons. The van der Waals surface area contributed by atoms with Crippen LogP contribution in [0, 0.1) is 13.8 Å². The lowest BCUT2D eigenvalue weighted by Crippen LogP contribution is -2.28. The summed E-state index contributed by atoms with van der Waals surface area (Å²) in [6.45, 7) is 4.52. The third kappa shape index (κ3) is 3.74. The zero-order chi connectivity index (χ0) is 18.7. The predicted molar refractivity (Wildman–Crippen MR) is 96.0 cm³/mol. The molecule has 3 N–H and O–H groups in total. The van der Waals surface area contributed by atoms with E-state index in [0.29, 0.717) is 17.8 Å². The number of rotatable bonds is 6. The lowest BCUT2D eigenvalue weighted by molar-refractivity contribution is -0.117. The number of nitrogens with zero attached hydrogens (tertiary/aromatic N) is 2. The summed E-state index contributed by atoms with van der Waals surface area (Å²) in [6, 6.07) is 6.16. The number of hydrogen-bond donors (Lipinski definition) is 3. The number of aromatic amines is 1. The van der Waals surface area contributed by atoms with Gasteiger partial charge in [-0.15, -0.1) is 0 Å². The first-order chi connectivity index (χ1) is 12.5. The lowest BCUT2D eigenvalue weighted by atomic mass is 10.1. The molecule has 1 fully saturated rings. The molecule has 136 valence electrons. The van der Waals surface area contributed by atoms with E-state index >= 15 is 0 Å². The molecule has 8 nitrogen and oxygen atoms in total. The van der Waals surface area contributed by atoms with Crippen molar-refractivity contribution < 1.29 is 14.4 Å². The molecular formula is C18H21N5O3. The minimum Gasteiger partial charge on any atom is -0.352 e. The summed E-state index contributed by atoms with van der Waals surface area (Å²) in [7, 11) is 0. The highest BCUT2D eigenvalue weighted by atomic mass is 16.2. The molecule has 1 aromatic carbocycles. The van der Waals surface area contributed by atoms with Gasteiger partial charge in [-0.3, -0.25) is 24.9 Å². The Morgan fingerprint density at radius 3 is 2.54 bits per heavy atom. The van der Waals surface area contributed by atoms with Gasteiger partial charge in [0.1, 0.15) is 6.54 Å². The summed E-state index contributed by atoms with van der Waals surface area (Å²) in [5.41, 5.74) is 4.34. The van der Waals surface area contributed by atoms with Gasteiger partial charge in [0.2, 0.25) is 5.91 Å². The first-order valence-electron chi connectivity index (χ1n) is 8.46. The van der Waals surface area contributed by atoms with Crippen molar-refractivity contribution in [3.63, 3.8) is 0 Å². The first kappa shape index (κ1) is 17.7. The predicted octanol–water partition coefficient (Wildman–Crippen LogP) is 1.45. The Labute approximate surface area is 151 Å². The molecule has 0 saturated carbocycles. The van der Waals surface area contributed by atoms with Crippen LogP contribution in [-0.4, -0.2) is 41.1 Å². The van der Waals surface area contributed by atoms with Gasteiger partial charge in [-0.25, -0.2) is 4.79 Å². The Morgan fingerprint density at radius 1 is 1.23 bits per heavy atom. The van der Waals surface area contributed by atoms with Crippen molar-refractivity contribution in [3.05, 3.63) is 46.8 Å². The van der Waals surface area contributed by atoms with E-state index in [1.54, 1.807) is 24.3 Å². The summed E-state index contributed by atoms with van der Waals surface area (Å²) >= 11 is 0. The molecule has 0 aliphatic carbocycles. The Morgan fingerprint density at radius 2 is 1.96 bits per heavy atom. The number of aryl methyl sites for hydroxylation is 2. The number of carbonyl (C=O) groups is 3. The van der Waals surface area contributed by atoms with Crippen molar-refractivity contribution in [3.8, 4) is 0 Å². The molecule has 26 heavy (non-hydrogen) atoms. The number of nitrogens with one attached hydrogen (secondary N) is 3. The lowest BCUT2D eigenvalue weighted by Gasteiger charge is -2.13. The third-order valence-corrected chi connectivity index (χ3v) is 4.40. The molecule has 2 heterocycles. The van der Waals surface area contributed by atoms with E-state index in [0.717, 1.165) is 24.2 Å². The Hall–Kier alpha value is -3.16. The molecule has 0 unspecified atom stereocenters. The van der Waals surface area contributed by atoms with Gasteiger partial charge in [0.15, 0.2) is 0 Å². The molecule has 3 rings (SSSR count). The van der Waals surface area contributed by atoms with E-state index in [1.807, 2.05) is 13.8 Å². The fourth-order valence-electron chi connectivity index (χ4n) is 2.95. The largest absolute Gasteiger partial charge is 0.352 e. The molecular weight excluding hydrogens is 334 g/mol. The second kappa shape index (κ2) is 7.38. The molecule has 8 heteroatoms. The molecule has 1 saturated heterocycles. The topological polar surface area (TPSA) is 107 Å². The number of benzene rings is 1. The van der Waals surface area contributed by atoms with Gasteiger partial charge in [0.25, 0.3) is 5.91 Å². The zero-order valence-corrected chi connectivity index (χ0v) is 14.8. The summed E-state index contributed by atoms with van der Waals surface area (Å²) in [4.78, 5) is 36.4. The molecule has 1 aromatic heterocycles. The van der Waals surface area contributed by atoms with E-state index in [4.69, 9.17) is 0 Å². The second-order valence-electron chi connectivity index (χ2n) is 6.26. The number of H-pyrrole nitrogens is 1. The number of amides is 4. The van der Waals surface area contributed by atoms with E-state index in [-0.39, 0.29) is 18.4 Å². The van der Waals surface area contributed by atoms with Gasteiger partial charge in [0.05, 0.1) is 5.69 Å². The molecule has 2 aromatic rings. The van der Waals surface area contributed by atoms with Gasteiger partial charge in [-0.2, -0.15) is 5.10 Å². The average molecular weight is 355 g/mol. The highest BCUT2D eigenvalue weighted by Gasteiger charge is 2.27. The Balaban J connectivity index is 1.50. The quantitative estimate of drug-likeness (QED) is 0.538. The van der Waals surface area contributed by atoms with E-state index in [9.17, 15) is 14.4 Å². The van der Waals surface area contributed by atoms with Crippen LogP contribution in [0.5, 0.6) is 0 Å². The molecule has 1 aliphatic heterocycles. The van der Waals surface area contributed by atoms with E-state index in [2.05, 4.69) is 20.8 Å². The van der Waals surface area contributed by atoms with Crippen molar-refractivity contribution in [1.29, 1.82) is 0 Å². The second-order valence-corrected chi connectivity index (χ2v) is 6.26. The number of hydrogen-bond acceptors (Lipinski definition) is 4. The van der Waals surface area contributed by atoms with Crippen LogP contribution in [0.2, 0.25) is 0 Å². The van der Waals surface area contributed by atoms with Gasteiger partial charge >= 0.3 is 6.03 Å². The van der Waals surface area contributed by atoms with E-state index < -0.39 is 6.03 Å². The Kier molecular flexibility index (Phi) is 5.01. The van der Waals surface area contributed by atoms with Crippen molar-refractivity contribution in [2.45, 2.75) is 26.7 Å². The monoisotopic (exact) mass is 355 g/mol. The molecule has 0 bridgehead atoms. The molecule has 0 spiro atoms. The van der Waals surface area contributed by atoms with Gasteiger partial charge in [0, 0.05) is 23.5 Å². The minimum absolute atomic E-state index is 0.00276. The normalized spacial score (nSPS) is 13.8.